The molecule has 0 saturated heterocycles. The van der Waals surface area contributed by atoms with Gasteiger partial charge in [0.1, 0.15) is 0 Å². The van der Waals surface area contributed by atoms with Gasteiger partial charge in [-0.1, -0.05) is 176 Å². The molecule has 0 bridgehead atoms. The van der Waals surface area contributed by atoms with Gasteiger partial charge in [0.05, 0.1) is 11.4 Å². The first-order chi connectivity index (χ1) is 31.1. The molecule has 0 radical (unpaired) electrons. The first-order valence-corrected chi connectivity index (χ1v) is 22.4. The molecule has 0 fully saturated rings. The van der Waals surface area contributed by atoms with Gasteiger partial charge in [-0.2, -0.15) is 0 Å². The zero-order valence-corrected chi connectivity index (χ0v) is 35.5. The van der Waals surface area contributed by atoms with Gasteiger partial charge in [0.2, 0.25) is 0 Å². The number of aromatic nitrogens is 2. The molecule has 0 spiro atoms. The average molecular weight is 821 g/mol. The Morgan fingerprint density at radius 1 is 0.349 bits per heavy atom. The summed E-state index contributed by atoms with van der Waals surface area (Å²) >= 11 is 1.85. The van der Waals surface area contributed by atoms with Crippen molar-refractivity contribution in [3.8, 4) is 78.4 Å². The van der Waals surface area contributed by atoms with Crippen LogP contribution >= 0.6 is 11.3 Å². The summed E-state index contributed by atoms with van der Waals surface area (Å²) in [5.41, 5.74) is 18.2. The molecule has 0 amide bonds. The third-order valence-electron chi connectivity index (χ3n) is 13.0. The van der Waals surface area contributed by atoms with E-state index in [0.717, 1.165) is 44.8 Å². The lowest BCUT2D eigenvalue weighted by atomic mass is 9.74. The SMILES string of the molecule is CC1(c2ccccc2)c2ccccc2-c2c(-c3cccc(-c4cc(-c5ccc6sc7ccccc7c6c5)cc(-c5cc(-c6ccccc6)nc(-c6ccccc6)n5)c4)c3)cccc21. The minimum atomic E-state index is -0.270. The standard InChI is InChI=1S/C60H40N2S/c1-60(47-23-9-4-10-24-47)52-28-13-11-26-50(52)58-48(27-16-29-53(58)60)43-22-15-21-41(33-43)44-34-45(42-31-32-57-51(37-42)49-25-12-14-30-56(49)63-57)36-46(35-44)55-38-54(39-17-5-2-6-18-39)61-59(62-55)40-19-7-3-8-20-40/h2-38H,1H3. The number of nitrogens with zero attached hydrogens (tertiary/aromatic N) is 2. The van der Waals surface area contributed by atoms with Crippen LogP contribution in [0.3, 0.4) is 0 Å². The minimum absolute atomic E-state index is 0.270. The van der Waals surface area contributed by atoms with Crippen LogP contribution in [0.1, 0.15) is 23.6 Å². The van der Waals surface area contributed by atoms with Crippen molar-refractivity contribution in [3.63, 3.8) is 0 Å². The van der Waals surface area contributed by atoms with E-state index in [9.17, 15) is 0 Å². The van der Waals surface area contributed by atoms with Crippen molar-refractivity contribution < 1.29 is 0 Å². The van der Waals surface area contributed by atoms with Crippen molar-refractivity contribution in [1.29, 1.82) is 0 Å². The second-order valence-corrected chi connectivity index (χ2v) is 17.7. The Balaban J connectivity index is 1.06. The van der Waals surface area contributed by atoms with Crippen molar-refractivity contribution >= 4 is 31.5 Å². The molecular weight excluding hydrogens is 781 g/mol. The van der Waals surface area contributed by atoms with Crippen molar-refractivity contribution in [2.45, 2.75) is 12.3 Å². The van der Waals surface area contributed by atoms with E-state index >= 15 is 0 Å². The monoisotopic (exact) mass is 820 g/mol. The maximum absolute atomic E-state index is 5.31. The van der Waals surface area contributed by atoms with Crippen LogP contribution in [0.5, 0.6) is 0 Å². The fourth-order valence-corrected chi connectivity index (χ4v) is 10.9. The second-order valence-electron chi connectivity index (χ2n) is 16.6. The third kappa shape index (κ3) is 6.31. The molecule has 2 heterocycles. The molecule has 3 heteroatoms. The largest absolute Gasteiger partial charge is 0.228 e. The Bertz CT molecular complexity index is 3460. The molecule has 296 valence electrons. The van der Waals surface area contributed by atoms with Crippen molar-refractivity contribution in [2.24, 2.45) is 0 Å². The fourth-order valence-electron chi connectivity index (χ4n) is 9.81. The van der Waals surface area contributed by atoms with Crippen LogP contribution < -0.4 is 0 Å². The number of hydrogen-bond donors (Lipinski definition) is 0. The third-order valence-corrected chi connectivity index (χ3v) is 14.1. The van der Waals surface area contributed by atoms with Gasteiger partial charge in [-0.3, -0.25) is 0 Å². The van der Waals surface area contributed by atoms with E-state index in [-0.39, 0.29) is 5.41 Å². The van der Waals surface area contributed by atoms with Crippen molar-refractivity contribution in [2.75, 3.05) is 0 Å². The van der Waals surface area contributed by atoms with Gasteiger partial charge in [-0.15, -0.1) is 11.3 Å². The van der Waals surface area contributed by atoms with E-state index in [1.807, 2.05) is 35.6 Å². The lowest BCUT2D eigenvalue weighted by molar-refractivity contribution is 0.714. The van der Waals surface area contributed by atoms with Crippen molar-refractivity contribution in [1.82, 2.24) is 9.97 Å². The lowest BCUT2D eigenvalue weighted by Crippen LogP contribution is -2.22. The van der Waals surface area contributed by atoms with Gasteiger partial charge in [0.25, 0.3) is 0 Å². The Morgan fingerprint density at radius 2 is 0.889 bits per heavy atom. The first kappa shape index (κ1) is 37.1. The van der Waals surface area contributed by atoms with Crippen LogP contribution in [-0.4, -0.2) is 9.97 Å². The van der Waals surface area contributed by atoms with Crippen LogP contribution in [0.25, 0.3) is 98.6 Å². The summed E-state index contributed by atoms with van der Waals surface area (Å²) < 4.78 is 2.60. The summed E-state index contributed by atoms with van der Waals surface area (Å²) in [6, 6.07) is 81.4. The molecule has 1 aliphatic rings. The smallest absolute Gasteiger partial charge is 0.160 e. The molecule has 2 aromatic heterocycles. The number of benzene rings is 9. The second kappa shape index (κ2) is 15.0. The summed E-state index contributed by atoms with van der Waals surface area (Å²) in [4.78, 5) is 10.4. The van der Waals surface area contributed by atoms with E-state index < -0.39 is 0 Å². The molecule has 0 saturated carbocycles. The maximum atomic E-state index is 5.31. The summed E-state index contributed by atoms with van der Waals surface area (Å²) in [6.07, 6.45) is 0. The zero-order chi connectivity index (χ0) is 41.9. The summed E-state index contributed by atoms with van der Waals surface area (Å²) in [7, 11) is 0. The molecule has 0 N–H and O–H groups in total. The summed E-state index contributed by atoms with van der Waals surface area (Å²) in [5.74, 6) is 0.702. The van der Waals surface area contributed by atoms with Crippen molar-refractivity contribution in [3.05, 3.63) is 241 Å². The predicted octanol–water partition coefficient (Wildman–Crippen LogP) is 16.2. The van der Waals surface area contributed by atoms with Gasteiger partial charge in [-0.25, -0.2) is 9.97 Å². The van der Waals surface area contributed by atoms with Gasteiger partial charge in [0, 0.05) is 42.3 Å². The number of thiophene rings is 1. The fraction of sp³-hybridized carbons (Fsp3) is 0.0333. The van der Waals surface area contributed by atoms with Gasteiger partial charge < -0.3 is 0 Å². The normalized spacial score (nSPS) is 14.2. The molecule has 11 aromatic rings. The molecule has 2 nitrogen and oxygen atoms in total. The summed E-state index contributed by atoms with van der Waals surface area (Å²) in [6.45, 7) is 2.38. The molecule has 0 aliphatic heterocycles. The molecule has 1 atom stereocenters. The highest BCUT2D eigenvalue weighted by atomic mass is 32.1. The van der Waals surface area contributed by atoms with Crippen LogP contribution in [0, 0.1) is 0 Å². The average Bonchev–Trinajstić information content (AvgIpc) is 3.87. The van der Waals surface area contributed by atoms with E-state index in [4.69, 9.17) is 9.97 Å². The number of hydrogen-bond acceptors (Lipinski definition) is 3. The zero-order valence-electron chi connectivity index (χ0n) is 34.7. The van der Waals surface area contributed by atoms with Crippen LogP contribution in [0.15, 0.2) is 224 Å². The highest BCUT2D eigenvalue weighted by Gasteiger charge is 2.41. The minimum Gasteiger partial charge on any atom is -0.228 e. The highest BCUT2D eigenvalue weighted by molar-refractivity contribution is 7.25. The van der Waals surface area contributed by atoms with E-state index in [1.54, 1.807) is 0 Å². The number of rotatable bonds is 7. The molecule has 1 unspecified atom stereocenters. The Hall–Kier alpha value is -7.72. The van der Waals surface area contributed by atoms with E-state index in [1.165, 1.54) is 64.7 Å². The van der Waals surface area contributed by atoms with Crippen LogP contribution in [0.2, 0.25) is 0 Å². The highest BCUT2D eigenvalue weighted by Crippen LogP contribution is 2.55. The topological polar surface area (TPSA) is 25.8 Å². The Kier molecular flexibility index (Phi) is 8.84. The van der Waals surface area contributed by atoms with Gasteiger partial charge >= 0.3 is 0 Å². The molecular formula is C60H40N2S. The predicted molar refractivity (Wildman–Crippen MR) is 265 cm³/mol. The Labute approximate surface area is 371 Å². The van der Waals surface area contributed by atoms with E-state index in [0.29, 0.717) is 5.82 Å². The molecule has 12 rings (SSSR count). The van der Waals surface area contributed by atoms with E-state index in [2.05, 4.69) is 207 Å². The van der Waals surface area contributed by atoms with Crippen LogP contribution in [-0.2, 0) is 5.41 Å². The lowest BCUT2D eigenvalue weighted by Gasteiger charge is -2.28. The number of fused-ring (bicyclic) bond motifs is 6. The van der Waals surface area contributed by atoms with Gasteiger partial charge in [-0.05, 0) is 117 Å². The first-order valence-electron chi connectivity index (χ1n) is 21.6. The summed E-state index contributed by atoms with van der Waals surface area (Å²) in [5, 5.41) is 2.57. The Morgan fingerprint density at radius 3 is 1.68 bits per heavy atom. The molecule has 63 heavy (non-hydrogen) atoms. The maximum Gasteiger partial charge on any atom is 0.160 e. The van der Waals surface area contributed by atoms with Crippen LogP contribution in [0.4, 0.5) is 0 Å². The van der Waals surface area contributed by atoms with Gasteiger partial charge in [0.15, 0.2) is 5.82 Å². The molecule has 9 aromatic carbocycles. The quantitative estimate of drug-likeness (QED) is 0.160. The molecule has 1 aliphatic carbocycles.